The number of rotatable bonds is 7. The first-order valence-electron chi connectivity index (χ1n) is 8.78. The number of hydrogen-bond acceptors (Lipinski definition) is 4. The first-order chi connectivity index (χ1) is 14.3. The highest BCUT2D eigenvalue weighted by Gasteiger charge is 2.30. The molecular formula is C21H18BrClN2O4S. The second-order valence-electron chi connectivity index (χ2n) is 6.20. The molecule has 0 aliphatic carbocycles. The van der Waals surface area contributed by atoms with Crippen LogP contribution < -0.4 is 14.4 Å². The van der Waals surface area contributed by atoms with Gasteiger partial charge in [0.1, 0.15) is 17.2 Å². The highest BCUT2D eigenvalue weighted by Crippen LogP contribution is 2.32. The van der Waals surface area contributed by atoms with Crippen LogP contribution in [0.3, 0.4) is 0 Å². The molecule has 0 saturated carbocycles. The summed E-state index contributed by atoms with van der Waals surface area (Å²) in [6.45, 7) is -0.426. The maximum atomic E-state index is 13.5. The Morgan fingerprint density at radius 3 is 2.37 bits per heavy atom. The average Bonchev–Trinajstić information content (AvgIpc) is 2.74. The van der Waals surface area contributed by atoms with Gasteiger partial charge in [-0.1, -0.05) is 45.7 Å². The third kappa shape index (κ3) is 5.13. The highest BCUT2D eigenvalue weighted by molar-refractivity contribution is 9.10. The molecule has 0 fully saturated rings. The summed E-state index contributed by atoms with van der Waals surface area (Å²) in [6.07, 6.45) is 0. The Hall–Kier alpha value is -2.55. The summed E-state index contributed by atoms with van der Waals surface area (Å²) in [4.78, 5) is 12.6. The summed E-state index contributed by atoms with van der Waals surface area (Å²) in [5, 5.41) is 3.22. The summed E-state index contributed by atoms with van der Waals surface area (Å²) in [6, 6.07) is 19.6. The second-order valence-corrected chi connectivity index (χ2v) is 9.38. The molecule has 30 heavy (non-hydrogen) atoms. The van der Waals surface area contributed by atoms with E-state index >= 15 is 0 Å². The van der Waals surface area contributed by atoms with Crippen molar-refractivity contribution in [3.8, 4) is 5.75 Å². The first-order valence-corrected chi connectivity index (χ1v) is 11.4. The fraction of sp³-hybridized carbons (Fsp3) is 0.0952. The smallest absolute Gasteiger partial charge is 0.268 e. The number of carbonyl (C=O) groups is 1. The number of benzene rings is 3. The van der Waals surface area contributed by atoms with Gasteiger partial charge in [0.25, 0.3) is 10.0 Å². The van der Waals surface area contributed by atoms with Crippen molar-refractivity contribution in [2.45, 2.75) is 4.90 Å². The molecular weight excluding hydrogens is 492 g/mol. The lowest BCUT2D eigenvalue weighted by Crippen LogP contribution is -2.38. The molecule has 3 aromatic carbocycles. The van der Waals surface area contributed by atoms with E-state index < -0.39 is 22.5 Å². The lowest BCUT2D eigenvalue weighted by molar-refractivity contribution is -0.114. The molecule has 0 aromatic heterocycles. The number of hydrogen-bond donors (Lipinski definition) is 1. The molecule has 3 aromatic rings. The summed E-state index contributed by atoms with van der Waals surface area (Å²) in [5.74, 6) is -0.323. The Kier molecular flexibility index (Phi) is 7.02. The maximum absolute atomic E-state index is 13.5. The molecule has 0 bridgehead atoms. The maximum Gasteiger partial charge on any atom is 0.268 e. The van der Waals surface area contributed by atoms with E-state index in [-0.39, 0.29) is 10.6 Å². The van der Waals surface area contributed by atoms with Crippen LogP contribution in [-0.2, 0) is 14.8 Å². The Bertz CT molecular complexity index is 1140. The molecule has 1 amide bonds. The van der Waals surface area contributed by atoms with Gasteiger partial charge in [0, 0.05) is 15.2 Å². The Morgan fingerprint density at radius 2 is 1.73 bits per heavy atom. The minimum Gasteiger partial charge on any atom is -0.495 e. The lowest BCUT2D eigenvalue weighted by Gasteiger charge is -2.25. The molecule has 0 aliphatic heterocycles. The van der Waals surface area contributed by atoms with Crippen molar-refractivity contribution < 1.29 is 17.9 Å². The summed E-state index contributed by atoms with van der Waals surface area (Å²) >= 11 is 9.16. The van der Waals surface area contributed by atoms with Gasteiger partial charge in [0.2, 0.25) is 5.91 Å². The molecule has 0 atom stereocenters. The van der Waals surface area contributed by atoms with Gasteiger partial charge in [-0.2, -0.15) is 0 Å². The quantitative estimate of drug-likeness (QED) is 0.489. The van der Waals surface area contributed by atoms with Gasteiger partial charge in [-0.3, -0.25) is 9.10 Å². The van der Waals surface area contributed by atoms with Gasteiger partial charge in [-0.25, -0.2) is 8.42 Å². The minimum atomic E-state index is -4.12. The molecule has 0 saturated heterocycles. The second kappa shape index (κ2) is 9.51. The number of halogens is 2. The summed E-state index contributed by atoms with van der Waals surface area (Å²) in [7, 11) is -2.73. The van der Waals surface area contributed by atoms with Gasteiger partial charge >= 0.3 is 0 Å². The fourth-order valence-corrected chi connectivity index (χ4v) is 4.99. The zero-order chi connectivity index (χ0) is 21.7. The highest BCUT2D eigenvalue weighted by atomic mass is 79.9. The number of nitrogens with zero attached hydrogens (tertiary/aromatic N) is 1. The zero-order valence-electron chi connectivity index (χ0n) is 15.9. The van der Waals surface area contributed by atoms with Crippen LogP contribution in [-0.4, -0.2) is 28.0 Å². The SMILES string of the molecule is COc1ccc(Br)cc1S(=O)(=O)N(CC(=O)Nc1ccc(Cl)cc1)c1ccccc1. The van der Waals surface area contributed by atoms with Crippen LogP contribution in [0.5, 0.6) is 5.75 Å². The standard InChI is InChI=1S/C21H18BrClN2O4S/c1-29-19-12-7-15(22)13-20(19)30(27,28)25(18-5-3-2-4-6-18)14-21(26)24-17-10-8-16(23)9-11-17/h2-13H,14H2,1H3,(H,24,26). The van der Waals surface area contributed by atoms with E-state index in [1.165, 1.54) is 13.2 Å². The van der Waals surface area contributed by atoms with Gasteiger partial charge < -0.3 is 10.1 Å². The molecule has 0 aliphatic rings. The summed E-state index contributed by atoms with van der Waals surface area (Å²) < 4.78 is 33.9. The molecule has 156 valence electrons. The first kappa shape index (κ1) is 22.1. The van der Waals surface area contributed by atoms with Crippen molar-refractivity contribution in [2.24, 2.45) is 0 Å². The predicted octanol–water partition coefficient (Wildman–Crippen LogP) is 4.95. The predicted molar refractivity (Wildman–Crippen MR) is 122 cm³/mol. The van der Waals surface area contributed by atoms with Crippen LogP contribution in [0.1, 0.15) is 0 Å². The number of nitrogens with one attached hydrogen (secondary N) is 1. The molecule has 6 nitrogen and oxygen atoms in total. The molecule has 0 unspecified atom stereocenters. The van der Waals surface area contributed by atoms with Crippen molar-refractivity contribution in [3.63, 3.8) is 0 Å². The average molecular weight is 510 g/mol. The molecule has 1 N–H and O–H groups in total. The van der Waals surface area contributed by atoms with Crippen molar-refractivity contribution in [3.05, 3.63) is 82.3 Å². The van der Waals surface area contributed by atoms with Crippen LogP contribution in [0.2, 0.25) is 5.02 Å². The van der Waals surface area contributed by atoms with E-state index in [9.17, 15) is 13.2 Å². The Morgan fingerprint density at radius 1 is 1.07 bits per heavy atom. The van der Waals surface area contributed by atoms with Gasteiger partial charge in [-0.15, -0.1) is 0 Å². The Balaban J connectivity index is 1.98. The largest absolute Gasteiger partial charge is 0.495 e. The third-order valence-electron chi connectivity index (χ3n) is 4.15. The van der Waals surface area contributed by atoms with Gasteiger partial charge in [0.05, 0.1) is 12.8 Å². The van der Waals surface area contributed by atoms with Gasteiger partial charge in [0.15, 0.2) is 0 Å². The normalized spacial score (nSPS) is 11.0. The number of methoxy groups -OCH3 is 1. The van der Waals surface area contributed by atoms with Gasteiger partial charge in [-0.05, 0) is 54.6 Å². The third-order valence-corrected chi connectivity index (χ3v) is 6.69. The van der Waals surface area contributed by atoms with E-state index in [2.05, 4.69) is 21.2 Å². The van der Waals surface area contributed by atoms with Crippen LogP contribution >= 0.6 is 27.5 Å². The topological polar surface area (TPSA) is 75.7 Å². The number of anilines is 2. The van der Waals surface area contributed by atoms with Crippen LogP contribution in [0.4, 0.5) is 11.4 Å². The fourth-order valence-electron chi connectivity index (χ4n) is 2.74. The Labute approximate surface area is 188 Å². The van der Waals surface area contributed by atoms with E-state index in [1.54, 1.807) is 66.7 Å². The number of ether oxygens (including phenoxy) is 1. The zero-order valence-corrected chi connectivity index (χ0v) is 19.0. The van der Waals surface area contributed by atoms with Crippen molar-refractivity contribution >= 4 is 54.8 Å². The number of carbonyl (C=O) groups excluding carboxylic acids is 1. The molecule has 0 radical (unpaired) electrons. The number of amides is 1. The van der Waals surface area contributed by atoms with E-state index in [0.29, 0.717) is 20.9 Å². The van der Waals surface area contributed by atoms with Crippen molar-refractivity contribution in [1.82, 2.24) is 0 Å². The minimum absolute atomic E-state index is 0.0532. The van der Waals surface area contributed by atoms with Crippen LogP contribution in [0.25, 0.3) is 0 Å². The monoisotopic (exact) mass is 508 g/mol. The lowest BCUT2D eigenvalue weighted by atomic mass is 10.3. The van der Waals surface area contributed by atoms with E-state index in [0.717, 1.165) is 4.31 Å². The van der Waals surface area contributed by atoms with Crippen molar-refractivity contribution in [1.29, 1.82) is 0 Å². The van der Waals surface area contributed by atoms with E-state index in [1.807, 2.05) is 0 Å². The molecule has 3 rings (SSSR count). The van der Waals surface area contributed by atoms with E-state index in [4.69, 9.17) is 16.3 Å². The molecule has 0 heterocycles. The molecule has 0 spiro atoms. The van der Waals surface area contributed by atoms with Crippen LogP contribution in [0, 0.1) is 0 Å². The van der Waals surface area contributed by atoms with Crippen LogP contribution in [0.15, 0.2) is 82.2 Å². The number of para-hydroxylation sites is 1. The summed E-state index contributed by atoms with van der Waals surface area (Å²) in [5.41, 5.74) is 0.862. The number of sulfonamides is 1. The van der Waals surface area contributed by atoms with Crippen molar-refractivity contribution in [2.75, 3.05) is 23.3 Å². The molecule has 9 heteroatoms.